The van der Waals surface area contributed by atoms with E-state index in [0.717, 1.165) is 34.7 Å². The number of methoxy groups -OCH3 is 1. The fourth-order valence-electron chi connectivity index (χ4n) is 3.61. The van der Waals surface area contributed by atoms with Gasteiger partial charge in [-0.15, -0.1) is 0 Å². The monoisotopic (exact) mass is 369 g/mol. The maximum absolute atomic E-state index is 12.8. The molecule has 2 aromatic rings. The van der Waals surface area contributed by atoms with Gasteiger partial charge in [0.25, 0.3) is 5.91 Å². The van der Waals surface area contributed by atoms with E-state index >= 15 is 0 Å². The van der Waals surface area contributed by atoms with E-state index in [1.165, 1.54) is 0 Å². The maximum Gasteiger partial charge on any atom is 0.255 e. The van der Waals surface area contributed by atoms with E-state index in [9.17, 15) is 9.59 Å². The summed E-state index contributed by atoms with van der Waals surface area (Å²) in [5, 5.41) is 0. The molecule has 1 aromatic carbocycles. The molecule has 0 aliphatic carbocycles. The highest BCUT2D eigenvalue weighted by atomic mass is 16.5. The lowest BCUT2D eigenvalue weighted by Gasteiger charge is -2.22. The van der Waals surface area contributed by atoms with Crippen LogP contribution in [0, 0.1) is 13.8 Å². The molecule has 1 aliphatic heterocycles. The second kappa shape index (κ2) is 8.29. The van der Waals surface area contributed by atoms with Crippen LogP contribution in [0.25, 0.3) is 0 Å². The molecule has 0 unspecified atom stereocenters. The van der Waals surface area contributed by atoms with Crippen LogP contribution in [0.2, 0.25) is 0 Å². The zero-order valence-electron chi connectivity index (χ0n) is 16.2. The van der Waals surface area contributed by atoms with E-state index in [2.05, 4.69) is 4.98 Å². The summed E-state index contributed by atoms with van der Waals surface area (Å²) in [6.45, 7) is 6.32. The first-order valence-electron chi connectivity index (χ1n) is 9.34. The Kier molecular flexibility index (Phi) is 5.84. The van der Waals surface area contributed by atoms with Crippen molar-refractivity contribution in [3.8, 4) is 5.75 Å². The predicted molar refractivity (Wildman–Crippen MR) is 104 cm³/mol. The van der Waals surface area contributed by atoms with Crippen molar-refractivity contribution in [1.82, 2.24) is 14.8 Å². The number of nitrogens with one attached hydrogen (secondary N) is 1. The van der Waals surface area contributed by atoms with Crippen LogP contribution in [0.4, 0.5) is 0 Å². The number of hydrogen-bond donors (Lipinski definition) is 1. The second-order valence-corrected chi connectivity index (χ2v) is 7.01. The third-order valence-electron chi connectivity index (χ3n) is 5.05. The second-order valence-electron chi connectivity index (χ2n) is 7.01. The first-order valence-corrected chi connectivity index (χ1v) is 9.34. The van der Waals surface area contributed by atoms with Gasteiger partial charge in [-0.3, -0.25) is 9.59 Å². The van der Waals surface area contributed by atoms with Crippen molar-refractivity contribution in [2.24, 2.45) is 0 Å². The number of carbonyl (C=O) groups is 2. The Hall–Kier alpha value is -2.76. The number of aromatic nitrogens is 1. The molecule has 0 bridgehead atoms. The zero-order chi connectivity index (χ0) is 19.4. The minimum Gasteiger partial charge on any atom is -0.496 e. The van der Waals surface area contributed by atoms with Crippen LogP contribution >= 0.6 is 0 Å². The summed E-state index contributed by atoms with van der Waals surface area (Å²) in [4.78, 5) is 32.5. The molecular formula is C21H27N3O3. The highest BCUT2D eigenvalue weighted by Crippen LogP contribution is 2.19. The van der Waals surface area contributed by atoms with Crippen molar-refractivity contribution in [1.29, 1.82) is 0 Å². The summed E-state index contributed by atoms with van der Waals surface area (Å²) >= 11 is 0. The molecule has 2 heterocycles. The highest BCUT2D eigenvalue weighted by Gasteiger charge is 2.24. The number of ether oxygens (including phenoxy) is 1. The Labute approximate surface area is 160 Å². The first-order chi connectivity index (χ1) is 13.0. The van der Waals surface area contributed by atoms with Gasteiger partial charge in [-0.05, 0) is 32.4 Å². The number of para-hydroxylation sites is 1. The number of carbonyl (C=O) groups excluding carboxylic acids is 2. The van der Waals surface area contributed by atoms with Crippen molar-refractivity contribution < 1.29 is 14.3 Å². The van der Waals surface area contributed by atoms with Crippen LogP contribution < -0.4 is 4.74 Å². The lowest BCUT2D eigenvalue weighted by Crippen LogP contribution is -2.38. The molecule has 3 rings (SSSR count). The number of aryl methyl sites for hydroxylation is 2. The fraction of sp³-hybridized carbons (Fsp3) is 0.429. The minimum atomic E-state index is 0.0378. The normalized spacial score (nSPS) is 14.8. The van der Waals surface area contributed by atoms with Crippen LogP contribution in [0.5, 0.6) is 5.75 Å². The third kappa shape index (κ3) is 4.32. The number of rotatable bonds is 4. The highest BCUT2D eigenvalue weighted by molar-refractivity contribution is 5.95. The van der Waals surface area contributed by atoms with Gasteiger partial charge in [0.15, 0.2) is 0 Å². The largest absolute Gasteiger partial charge is 0.496 e. The molecule has 144 valence electrons. The van der Waals surface area contributed by atoms with E-state index < -0.39 is 0 Å². The number of benzene rings is 1. The molecule has 0 saturated carbocycles. The molecule has 0 atom stereocenters. The quantitative estimate of drug-likeness (QED) is 0.901. The van der Waals surface area contributed by atoms with E-state index in [1.54, 1.807) is 7.11 Å². The van der Waals surface area contributed by atoms with Crippen molar-refractivity contribution in [3.63, 3.8) is 0 Å². The van der Waals surface area contributed by atoms with Gasteiger partial charge in [0, 0.05) is 43.1 Å². The number of nitrogens with zero attached hydrogens (tertiary/aromatic N) is 2. The van der Waals surface area contributed by atoms with Gasteiger partial charge in [0.05, 0.1) is 19.1 Å². The smallest absolute Gasteiger partial charge is 0.255 e. The number of H-pyrrole nitrogens is 1. The summed E-state index contributed by atoms with van der Waals surface area (Å²) in [7, 11) is 1.61. The van der Waals surface area contributed by atoms with Crippen LogP contribution in [0.15, 0.2) is 30.3 Å². The van der Waals surface area contributed by atoms with Gasteiger partial charge >= 0.3 is 0 Å². The maximum atomic E-state index is 12.8. The van der Waals surface area contributed by atoms with E-state index in [0.29, 0.717) is 32.6 Å². The number of hydrogen-bond acceptors (Lipinski definition) is 3. The molecule has 1 aliphatic rings. The van der Waals surface area contributed by atoms with Gasteiger partial charge in [-0.2, -0.15) is 0 Å². The van der Waals surface area contributed by atoms with Crippen LogP contribution in [0.1, 0.15) is 33.7 Å². The van der Waals surface area contributed by atoms with E-state index in [1.807, 2.05) is 54.0 Å². The Morgan fingerprint density at radius 3 is 2.48 bits per heavy atom. The van der Waals surface area contributed by atoms with Crippen molar-refractivity contribution in [2.45, 2.75) is 26.7 Å². The zero-order valence-corrected chi connectivity index (χ0v) is 16.2. The Morgan fingerprint density at radius 2 is 1.78 bits per heavy atom. The summed E-state index contributed by atoms with van der Waals surface area (Å²) < 4.78 is 5.34. The SMILES string of the molecule is COc1ccccc1CC(=O)N1CCCN(C(=O)c2cc(C)[nH]c2C)CC1. The van der Waals surface area contributed by atoms with Gasteiger partial charge in [0.1, 0.15) is 5.75 Å². The lowest BCUT2D eigenvalue weighted by molar-refractivity contribution is -0.130. The summed E-state index contributed by atoms with van der Waals surface area (Å²) in [5.74, 6) is 0.842. The van der Waals surface area contributed by atoms with Crippen LogP contribution in [-0.4, -0.2) is 59.9 Å². The molecule has 1 N–H and O–H groups in total. The number of aromatic amines is 1. The Morgan fingerprint density at radius 1 is 1.07 bits per heavy atom. The lowest BCUT2D eigenvalue weighted by atomic mass is 10.1. The van der Waals surface area contributed by atoms with Crippen molar-refractivity contribution in [2.75, 3.05) is 33.3 Å². The Bertz CT molecular complexity index is 828. The van der Waals surface area contributed by atoms with Crippen LogP contribution in [0.3, 0.4) is 0 Å². The molecule has 1 saturated heterocycles. The predicted octanol–water partition coefficient (Wildman–Crippen LogP) is 2.56. The number of amides is 2. The van der Waals surface area contributed by atoms with Crippen LogP contribution in [-0.2, 0) is 11.2 Å². The van der Waals surface area contributed by atoms with Gasteiger partial charge in [-0.1, -0.05) is 18.2 Å². The van der Waals surface area contributed by atoms with Gasteiger partial charge < -0.3 is 19.5 Å². The molecule has 6 heteroatoms. The topological polar surface area (TPSA) is 65.6 Å². The van der Waals surface area contributed by atoms with E-state index in [-0.39, 0.29) is 11.8 Å². The molecule has 2 amide bonds. The van der Waals surface area contributed by atoms with Gasteiger partial charge in [0.2, 0.25) is 5.91 Å². The van der Waals surface area contributed by atoms with Crippen molar-refractivity contribution >= 4 is 11.8 Å². The van der Waals surface area contributed by atoms with E-state index in [4.69, 9.17) is 4.74 Å². The Balaban J connectivity index is 1.63. The molecule has 1 fully saturated rings. The van der Waals surface area contributed by atoms with Crippen molar-refractivity contribution in [3.05, 3.63) is 52.8 Å². The molecule has 0 radical (unpaired) electrons. The minimum absolute atomic E-state index is 0.0378. The fourth-order valence-corrected chi connectivity index (χ4v) is 3.61. The average molecular weight is 369 g/mol. The summed E-state index contributed by atoms with van der Waals surface area (Å²) in [6, 6.07) is 9.49. The van der Waals surface area contributed by atoms with Gasteiger partial charge in [-0.25, -0.2) is 0 Å². The average Bonchev–Trinajstić information content (AvgIpc) is 2.86. The molecule has 27 heavy (non-hydrogen) atoms. The summed E-state index contributed by atoms with van der Waals surface area (Å²) in [6.07, 6.45) is 1.10. The molecule has 6 nitrogen and oxygen atoms in total. The molecule has 0 spiro atoms. The molecule has 1 aromatic heterocycles. The third-order valence-corrected chi connectivity index (χ3v) is 5.05. The summed E-state index contributed by atoms with van der Waals surface area (Å²) in [5.41, 5.74) is 3.49. The first kappa shape index (κ1) is 19.0. The molecular weight excluding hydrogens is 342 g/mol. The standard InChI is InChI=1S/C21H27N3O3/c1-15-13-18(16(2)22-15)21(26)24-10-6-9-23(11-12-24)20(25)14-17-7-4-5-8-19(17)27-3/h4-5,7-8,13,22H,6,9-12,14H2,1-3H3.